The molecule has 1 N–H and O–H groups in total. The van der Waals surface area contributed by atoms with Crippen molar-refractivity contribution in [3.63, 3.8) is 0 Å². The molecular formula is C13H16N6O2. The smallest absolute Gasteiger partial charge is 0.358 e. The molecule has 0 saturated carbocycles. The fraction of sp³-hybridized carbons (Fsp3) is 0.462. The third-order valence-electron chi connectivity index (χ3n) is 3.51. The van der Waals surface area contributed by atoms with Gasteiger partial charge in [-0.15, -0.1) is 5.10 Å². The first-order valence-corrected chi connectivity index (χ1v) is 6.88. The Balaban J connectivity index is 1.64. The van der Waals surface area contributed by atoms with E-state index in [1.54, 1.807) is 11.0 Å². The molecule has 1 aliphatic rings. The van der Waals surface area contributed by atoms with Crippen LogP contribution >= 0.6 is 0 Å². The maximum Gasteiger partial charge on any atom is 0.358 e. The number of anilines is 1. The van der Waals surface area contributed by atoms with Crippen LogP contribution in [0.4, 0.5) is 5.82 Å². The molecule has 0 atom stereocenters. The summed E-state index contributed by atoms with van der Waals surface area (Å²) in [6.07, 6.45) is 5.05. The maximum atomic E-state index is 10.8. The van der Waals surface area contributed by atoms with E-state index in [0.717, 1.165) is 37.4 Å². The normalized spacial score (nSPS) is 15.0. The number of carboxylic acid groups (broad SMARTS) is 1. The van der Waals surface area contributed by atoms with Gasteiger partial charge in [0.1, 0.15) is 12.1 Å². The van der Waals surface area contributed by atoms with Crippen LogP contribution in [0.15, 0.2) is 18.6 Å². The summed E-state index contributed by atoms with van der Waals surface area (Å²) >= 11 is 0. The highest BCUT2D eigenvalue weighted by Crippen LogP contribution is 2.26. The van der Waals surface area contributed by atoms with Gasteiger partial charge in [-0.2, -0.15) is 0 Å². The second kappa shape index (κ2) is 5.47. The van der Waals surface area contributed by atoms with Gasteiger partial charge in [-0.3, -0.25) is 0 Å². The van der Waals surface area contributed by atoms with Crippen molar-refractivity contribution in [2.45, 2.75) is 25.8 Å². The van der Waals surface area contributed by atoms with Crippen LogP contribution in [-0.4, -0.2) is 49.1 Å². The monoisotopic (exact) mass is 288 g/mol. The Labute approximate surface area is 121 Å². The summed E-state index contributed by atoms with van der Waals surface area (Å²) in [5.41, 5.74) is 1.01. The van der Waals surface area contributed by atoms with Crippen LogP contribution in [0.5, 0.6) is 0 Å². The molecule has 110 valence electrons. The van der Waals surface area contributed by atoms with Crippen LogP contribution in [0.3, 0.4) is 0 Å². The molecule has 0 bridgehead atoms. The molecule has 2 aromatic heterocycles. The number of rotatable bonds is 5. The van der Waals surface area contributed by atoms with E-state index in [1.165, 1.54) is 6.20 Å². The second-order valence-corrected chi connectivity index (χ2v) is 5.07. The molecule has 2 aromatic rings. The van der Waals surface area contributed by atoms with Crippen molar-refractivity contribution in [2.24, 2.45) is 0 Å². The average Bonchev–Trinajstić information content (AvgIpc) is 2.87. The molecule has 8 nitrogen and oxygen atoms in total. The van der Waals surface area contributed by atoms with Gasteiger partial charge in [0.25, 0.3) is 0 Å². The second-order valence-electron chi connectivity index (χ2n) is 5.07. The van der Waals surface area contributed by atoms with Gasteiger partial charge in [0.05, 0.1) is 12.2 Å². The lowest BCUT2D eigenvalue weighted by molar-refractivity contribution is 0.0690. The molecule has 0 aliphatic carbocycles. The maximum absolute atomic E-state index is 10.8. The molecule has 0 amide bonds. The number of hydrogen-bond donors (Lipinski definition) is 1. The summed E-state index contributed by atoms with van der Waals surface area (Å²) in [6, 6.07) is 2.14. The minimum atomic E-state index is -1.06. The average molecular weight is 288 g/mol. The van der Waals surface area contributed by atoms with Gasteiger partial charge in [0, 0.05) is 24.8 Å². The summed E-state index contributed by atoms with van der Waals surface area (Å²) in [6.45, 7) is 3.60. The predicted molar refractivity (Wildman–Crippen MR) is 74.3 cm³/mol. The van der Waals surface area contributed by atoms with Gasteiger partial charge < -0.3 is 10.0 Å². The molecule has 1 aliphatic heterocycles. The third-order valence-corrected chi connectivity index (χ3v) is 3.51. The van der Waals surface area contributed by atoms with Crippen LogP contribution in [-0.2, 0) is 6.42 Å². The van der Waals surface area contributed by atoms with E-state index in [0.29, 0.717) is 0 Å². The van der Waals surface area contributed by atoms with Crippen molar-refractivity contribution >= 4 is 11.8 Å². The fourth-order valence-electron chi connectivity index (χ4n) is 2.31. The van der Waals surface area contributed by atoms with E-state index in [-0.39, 0.29) is 11.7 Å². The molecule has 3 heterocycles. The fourth-order valence-corrected chi connectivity index (χ4v) is 2.31. The van der Waals surface area contributed by atoms with Crippen molar-refractivity contribution in [1.29, 1.82) is 0 Å². The molecule has 0 spiro atoms. The van der Waals surface area contributed by atoms with Crippen LogP contribution in [0.25, 0.3) is 0 Å². The highest BCUT2D eigenvalue weighted by Gasteiger charge is 2.30. The predicted octanol–water partition coefficient (Wildman–Crippen LogP) is 0.780. The minimum Gasteiger partial charge on any atom is -0.476 e. The number of aromatic nitrogens is 5. The van der Waals surface area contributed by atoms with E-state index < -0.39 is 5.97 Å². The Kier molecular flexibility index (Phi) is 3.51. The number of carbonyl (C=O) groups is 1. The van der Waals surface area contributed by atoms with Crippen LogP contribution in [0.2, 0.25) is 0 Å². The van der Waals surface area contributed by atoms with E-state index in [2.05, 4.69) is 32.1 Å². The third kappa shape index (κ3) is 2.69. The number of nitrogens with zero attached hydrogens (tertiary/aromatic N) is 6. The van der Waals surface area contributed by atoms with E-state index in [1.807, 2.05) is 6.07 Å². The van der Waals surface area contributed by atoms with Crippen LogP contribution < -0.4 is 4.90 Å². The van der Waals surface area contributed by atoms with E-state index in [9.17, 15) is 4.79 Å². The highest BCUT2D eigenvalue weighted by molar-refractivity contribution is 5.84. The highest BCUT2D eigenvalue weighted by atomic mass is 16.4. The van der Waals surface area contributed by atoms with Crippen molar-refractivity contribution in [3.8, 4) is 0 Å². The summed E-state index contributed by atoms with van der Waals surface area (Å²) in [5.74, 6) is -0.152. The van der Waals surface area contributed by atoms with Gasteiger partial charge in [0.2, 0.25) is 0 Å². The summed E-state index contributed by atoms with van der Waals surface area (Å²) in [7, 11) is 0. The quantitative estimate of drug-likeness (QED) is 0.868. The van der Waals surface area contributed by atoms with Crippen LogP contribution in [0.1, 0.15) is 35.6 Å². The summed E-state index contributed by atoms with van der Waals surface area (Å²) in [5, 5.41) is 16.3. The lowest BCUT2D eigenvalue weighted by Crippen LogP contribution is -2.48. The molecule has 0 unspecified atom stereocenters. The molecule has 1 saturated heterocycles. The molecule has 3 rings (SSSR count). The largest absolute Gasteiger partial charge is 0.476 e. The Morgan fingerprint density at radius 3 is 2.90 bits per heavy atom. The molecule has 1 fully saturated rings. The Hall–Kier alpha value is -2.51. The minimum absolute atomic E-state index is 0.0271. The zero-order valence-electron chi connectivity index (χ0n) is 11.7. The zero-order chi connectivity index (χ0) is 14.8. The molecule has 21 heavy (non-hydrogen) atoms. The molecule has 0 aromatic carbocycles. The van der Waals surface area contributed by atoms with Crippen molar-refractivity contribution in [2.75, 3.05) is 18.0 Å². The van der Waals surface area contributed by atoms with Gasteiger partial charge in [0.15, 0.2) is 5.69 Å². The Morgan fingerprint density at radius 1 is 1.43 bits per heavy atom. The first-order chi connectivity index (χ1) is 10.2. The lowest BCUT2D eigenvalue weighted by Gasteiger charge is -2.39. The number of aryl methyl sites for hydroxylation is 1. The van der Waals surface area contributed by atoms with E-state index >= 15 is 0 Å². The zero-order valence-corrected chi connectivity index (χ0v) is 11.7. The summed E-state index contributed by atoms with van der Waals surface area (Å²) < 4.78 is 1.61. The van der Waals surface area contributed by atoms with Gasteiger partial charge in [-0.25, -0.2) is 19.4 Å². The first-order valence-electron chi connectivity index (χ1n) is 6.88. The molecule has 8 heteroatoms. The SMILES string of the molecule is CCCc1cc(N2CC(n3cc(C(=O)O)nn3)C2)ncn1. The van der Waals surface area contributed by atoms with Crippen molar-refractivity contribution in [3.05, 3.63) is 30.0 Å². The Morgan fingerprint density at radius 2 is 2.24 bits per heavy atom. The molecular weight excluding hydrogens is 272 g/mol. The Bertz CT molecular complexity index is 650. The lowest BCUT2D eigenvalue weighted by atomic mass is 10.1. The number of hydrogen-bond acceptors (Lipinski definition) is 6. The van der Waals surface area contributed by atoms with Crippen molar-refractivity contribution < 1.29 is 9.90 Å². The molecule has 0 radical (unpaired) electrons. The number of carboxylic acids is 1. The van der Waals surface area contributed by atoms with Crippen LogP contribution in [0, 0.1) is 0 Å². The first kappa shape index (κ1) is 13.5. The summed E-state index contributed by atoms with van der Waals surface area (Å²) in [4.78, 5) is 21.4. The number of aromatic carboxylic acids is 1. The standard InChI is InChI=1S/C13H16N6O2/c1-2-3-9-4-12(15-8-14-9)18-5-10(6-18)19-7-11(13(20)21)16-17-19/h4,7-8,10H,2-3,5-6H2,1H3,(H,20,21). The van der Waals surface area contributed by atoms with Gasteiger partial charge in [-0.05, 0) is 6.42 Å². The topological polar surface area (TPSA) is 97.0 Å². The van der Waals surface area contributed by atoms with Gasteiger partial charge >= 0.3 is 5.97 Å². The van der Waals surface area contributed by atoms with E-state index in [4.69, 9.17) is 5.11 Å². The van der Waals surface area contributed by atoms with Crippen molar-refractivity contribution in [1.82, 2.24) is 25.0 Å². The van der Waals surface area contributed by atoms with Gasteiger partial charge in [-0.1, -0.05) is 18.6 Å².